The van der Waals surface area contributed by atoms with Crippen molar-refractivity contribution in [1.29, 1.82) is 0 Å². The first-order valence-corrected chi connectivity index (χ1v) is 5.90. The van der Waals surface area contributed by atoms with E-state index in [1.54, 1.807) is 24.3 Å². The number of aromatic amines is 2. The first-order valence-electron chi connectivity index (χ1n) is 5.90. The van der Waals surface area contributed by atoms with Crippen LogP contribution in [0, 0.1) is 0 Å². The van der Waals surface area contributed by atoms with Crippen LogP contribution in [-0.2, 0) is 6.54 Å². The van der Waals surface area contributed by atoms with Gasteiger partial charge in [0.05, 0.1) is 6.54 Å². The Bertz CT molecular complexity index is 542. The molecule has 7 heteroatoms. The molecule has 0 unspecified atom stereocenters. The Morgan fingerprint density at radius 2 is 2.39 bits per heavy atom. The summed E-state index contributed by atoms with van der Waals surface area (Å²) >= 11 is 0. The molecule has 2 N–H and O–H groups in total. The van der Waals surface area contributed by atoms with Crippen molar-refractivity contribution in [3.63, 3.8) is 0 Å². The van der Waals surface area contributed by atoms with Crippen LogP contribution in [0.15, 0.2) is 12.4 Å². The molecule has 1 saturated carbocycles. The molecular formula is C11H14N6O. The van der Waals surface area contributed by atoms with Gasteiger partial charge >= 0.3 is 0 Å². The molecule has 0 bridgehead atoms. The van der Waals surface area contributed by atoms with Crippen LogP contribution in [0.1, 0.15) is 41.0 Å². The van der Waals surface area contributed by atoms with Gasteiger partial charge < -0.3 is 9.88 Å². The number of hydrogen-bond donors (Lipinski definition) is 2. The Morgan fingerprint density at radius 1 is 1.56 bits per heavy atom. The zero-order valence-electron chi connectivity index (χ0n) is 10.1. The highest BCUT2D eigenvalue weighted by Crippen LogP contribution is 2.37. The topological polar surface area (TPSA) is 90.6 Å². The van der Waals surface area contributed by atoms with E-state index in [0.29, 0.717) is 12.5 Å². The summed E-state index contributed by atoms with van der Waals surface area (Å²) in [6.07, 6.45) is 5.65. The molecule has 2 aromatic rings. The van der Waals surface area contributed by atoms with Crippen molar-refractivity contribution in [3.05, 3.63) is 29.9 Å². The quantitative estimate of drug-likeness (QED) is 0.829. The summed E-state index contributed by atoms with van der Waals surface area (Å²) in [5.74, 6) is 2.06. The monoisotopic (exact) mass is 246 g/mol. The van der Waals surface area contributed by atoms with Gasteiger partial charge in [-0.05, 0) is 12.8 Å². The molecule has 7 nitrogen and oxygen atoms in total. The molecule has 0 radical (unpaired) electrons. The zero-order chi connectivity index (χ0) is 12.5. The van der Waals surface area contributed by atoms with E-state index < -0.39 is 0 Å². The van der Waals surface area contributed by atoms with Crippen LogP contribution in [0.5, 0.6) is 0 Å². The molecule has 18 heavy (non-hydrogen) atoms. The minimum Gasteiger partial charge on any atom is -0.347 e. The van der Waals surface area contributed by atoms with Crippen LogP contribution < -0.4 is 0 Å². The Morgan fingerprint density at radius 3 is 3.06 bits per heavy atom. The SMILES string of the molecule is CN(Cc1ncc[nH]1)C(=O)c1n[nH]c(C2CC2)n1. The molecule has 0 aliphatic heterocycles. The van der Waals surface area contributed by atoms with Crippen LogP contribution in [-0.4, -0.2) is 43.0 Å². The van der Waals surface area contributed by atoms with Crippen LogP contribution in [0.3, 0.4) is 0 Å². The summed E-state index contributed by atoms with van der Waals surface area (Å²) in [4.78, 5) is 24.9. The minimum atomic E-state index is -0.199. The number of imidazole rings is 1. The van der Waals surface area contributed by atoms with E-state index in [0.717, 1.165) is 24.5 Å². The molecule has 94 valence electrons. The van der Waals surface area contributed by atoms with Crippen LogP contribution in [0.2, 0.25) is 0 Å². The van der Waals surface area contributed by atoms with Crippen molar-refractivity contribution in [2.45, 2.75) is 25.3 Å². The maximum absolute atomic E-state index is 12.1. The maximum Gasteiger partial charge on any atom is 0.293 e. The Kier molecular flexibility index (Phi) is 2.58. The van der Waals surface area contributed by atoms with Crippen LogP contribution in [0.25, 0.3) is 0 Å². The Hall–Kier alpha value is -2.18. The lowest BCUT2D eigenvalue weighted by molar-refractivity contribution is 0.0770. The number of carbonyl (C=O) groups is 1. The fraction of sp³-hybridized carbons (Fsp3) is 0.455. The number of rotatable bonds is 4. The largest absolute Gasteiger partial charge is 0.347 e. The van der Waals surface area contributed by atoms with E-state index in [2.05, 4.69) is 25.1 Å². The molecule has 1 aliphatic carbocycles. The van der Waals surface area contributed by atoms with E-state index in [1.807, 2.05) is 0 Å². The van der Waals surface area contributed by atoms with Gasteiger partial charge in [-0.3, -0.25) is 9.89 Å². The van der Waals surface area contributed by atoms with Gasteiger partial charge in [-0.2, -0.15) is 0 Å². The predicted octanol–water partition coefficient (Wildman–Crippen LogP) is 0.677. The Labute approximate surface area is 104 Å². The summed E-state index contributed by atoms with van der Waals surface area (Å²) < 4.78 is 0. The van der Waals surface area contributed by atoms with Gasteiger partial charge in [0, 0.05) is 25.4 Å². The average molecular weight is 246 g/mol. The number of aromatic nitrogens is 5. The molecule has 0 saturated heterocycles. The second-order valence-corrected chi connectivity index (χ2v) is 4.52. The average Bonchev–Trinajstić information content (AvgIpc) is 2.91. The summed E-state index contributed by atoms with van der Waals surface area (Å²) in [5, 5.41) is 6.80. The fourth-order valence-electron chi connectivity index (χ4n) is 1.76. The number of hydrogen-bond acceptors (Lipinski definition) is 4. The van der Waals surface area contributed by atoms with Gasteiger partial charge in [-0.25, -0.2) is 9.97 Å². The number of nitrogens with one attached hydrogen (secondary N) is 2. The molecule has 2 aromatic heterocycles. The van der Waals surface area contributed by atoms with E-state index in [1.165, 1.54) is 0 Å². The zero-order valence-corrected chi connectivity index (χ0v) is 10.1. The predicted molar refractivity (Wildman–Crippen MR) is 62.7 cm³/mol. The van der Waals surface area contributed by atoms with Crippen molar-refractivity contribution < 1.29 is 4.79 Å². The van der Waals surface area contributed by atoms with Crippen molar-refractivity contribution in [3.8, 4) is 0 Å². The summed E-state index contributed by atoms with van der Waals surface area (Å²) in [6, 6.07) is 0. The van der Waals surface area contributed by atoms with E-state index in [-0.39, 0.29) is 11.7 Å². The van der Waals surface area contributed by atoms with Crippen molar-refractivity contribution in [2.75, 3.05) is 7.05 Å². The third-order valence-electron chi connectivity index (χ3n) is 2.95. The van der Waals surface area contributed by atoms with E-state index in [9.17, 15) is 4.79 Å². The summed E-state index contributed by atoms with van der Waals surface area (Å²) in [7, 11) is 1.71. The van der Waals surface area contributed by atoms with Gasteiger partial charge in [0.2, 0.25) is 5.82 Å². The van der Waals surface area contributed by atoms with Gasteiger partial charge in [-0.1, -0.05) is 0 Å². The normalized spacial score (nSPS) is 14.7. The standard InChI is InChI=1S/C11H14N6O/c1-17(6-8-12-4-5-13-8)11(18)10-14-9(15-16-10)7-2-3-7/h4-5,7H,2-3,6H2,1H3,(H,12,13)(H,14,15,16). The van der Waals surface area contributed by atoms with Crippen LogP contribution >= 0.6 is 0 Å². The minimum absolute atomic E-state index is 0.199. The second kappa shape index (κ2) is 4.25. The summed E-state index contributed by atoms with van der Waals surface area (Å²) in [6.45, 7) is 0.416. The lowest BCUT2D eigenvalue weighted by Gasteiger charge is -2.12. The van der Waals surface area contributed by atoms with Crippen LogP contribution in [0.4, 0.5) is 0 Å². The number of nitrogens with zero attached hydrogens (tertiary/aromatic N) is 4. The smallest absolute Gasteiger partial charge is 0.293 e. The first kappa shape index (κ1) is 10.9. The molecule has 1 fully saturated rings. The van der Waals surface area contributed by atoms with E-state index >= 15 is 0 Å². The van der Waals surface area contributed by atoms with Gasteiger partial charge in [-0.15, -0.1) is 5.10 Å². The molecule has 0 atom stereocenters. The third-order valence-corrected chi connectivity index (χ3v) is 2.95. The van der Waals surface area contributed by atoms with Crippen molar-refractivity contribution in [1.82, 2.24) is 30.0 Å². The van der Waals surface area contributed by atoms with Gasteiger partial charge in [0.15, 0.2) is 0 Å². The highest BCUT2D eigenvalue weighted by atomic mass is 16.2. The number of amides is 1. The highest BCUT2D eigenvalue weighted by Gasteiger charge is 2.28. The second-order valence-electron chi connectivity index (χ2n) is 4.52. The molecular weight excluding hydrogens is 232 g/mol. The lowest BCUT2D eigenvalue weighted by atomic mass is 10.4. The number of carbonyl (C=O) groups excluding carboxylic acids is 1. The molecule has 3 rings (SSSR count). The molecule has 1 amide bonds. The number of H-pyrrole nitrogens is 2. The highest BCUT2D eigenvalue weighted by molar-refractivity contribution is 5.90. The Balaban J connectivity index is 1.68. The third kappa shape index (κ3) is 2.11. The first-order chi connectivity index (χ1) is 8.74. The molecule has 0 aromatic carbocycles. The fourth-order valence-corrected chi connectivity index (χ4v) is 1.76. The molecule has 2 heterocycles. The molecule has 1 aliphatic rings. The van der Waals surface area contributed by atoms with E-state index in [4.69, 9.17) is 0 Å². The van der Waals surface area contributed by atoms with Crippen molar-refractivity contribution in [2.24, 2.45) is 0 Å². The summed E-state index contributed by atoms with van der Waals surface area (Å²) in [5.41, 5.74) is 0. The maximum atomic E-state index is 12.1. The molecule has 0 spiro atoms. The van der Waals surface area contributed by atoms with Gasteiger partial charge in [0.25, 0.3) is 5.91 Å². The van der Waals surface area contributed by atoms with Gasteiger partial charge in [0.1, 0.15) is 11.6 Å². The van der Waals surface area contributed by atoms with Crippen molar-refractivity contribution >= 4 is 5.91 Å². The lowest BCUT2D eigenvalue weighted by Crippen LogP contribution is -2.27.